The van der Waals surface area contributed by atoms with Gasteiger partial charge < -0.3 is 10.1 Å². The van der Waals surface area contributed by atoms with Crippen LogP contribution in [0.3, 0.4) is 0 Å². The minimum absolute atomic E-state index is 0.0698. The molecule has 2 rings (SSSR count). The fourth-order valence-corrected chi connectivity index (χ4v) is 2.82. The number of amides is 1. The molecule has 2 aromatic carbocycles. The number of hydrogen-bond donors (Lipinski definition) is 2. The Bertz CT molecular complexity index is 940. The Morgan fingerprint density at radius 2 is 1.85 bits per heavy atom. The van der Waals surface area contributed by atoms with E-state index in [1.807, 2.05) is 24.3 Å². The topological polar surface area (TPSA) is 116 Å². The number of carbonyl (C=O) groups is 2. The highest BCUT2D eigenvalue weighted by molar-refractivity contribution is 9.10. The van der Waals surface area contributed by atoms with Gasteiger partial charge in [0.05, 0.1) is 4.90 Å². The van der Waals surface area contributed by atoms with Crippen LogP contribution in [0.25, 0.3) is 6.08 Å². The molecule has 0 atom stereocenters. The minimum Gasteiger partial charge on any atom is -0.452 e. The monoisotopic (exact) mass is 438 g/mol. The lowest BCUT2D eigenvalue weighted by Crippen LogP contribution is -2.20. The Labute approximate surface area is 159 Å². The van der Waals surface area contributed by atoms with Gasteiger partial charge in [0.15, 0.2) is 6.61 Å². The summed E-state index contributed by atoms with van der Waals surface area (Å²) in [6, 6.07) is 12.6. The third-order valence-electron chi connectivity index (χ3n) is 3.07. The largest absolute Gasteiger partial charge is 0.452 e. The molecular weight excluding hydrogens is 424 g/mol. The average molecular weight is 439 g/mol. The lowest BCUT2D eigenvalue weighted by molar-refractivity contribution is -0.142. The van der Waals surface area contributed by atoms with E-state index in [4.69, 9.17) is 9.88 Å². The van der Waals surface area contributed by atoms with Crippen molar-refractivity contribution in [1.29, 1.82) is 0 Å². The fourth-order valence-electron chi connectivity index (χ4n) is 1.88. The number of benzene rings is 2. The first-order valence-corrected chi connectivity index (χ1v) is 9.61. The highest BCUT2D eigenvalue weighted by Crippen LogP contribution is 2.13. The molecule has 0 aliphatic carbocycles. The zero-order chi connectivity index (χ0) is 19.2. The van der Waals surface area contributed by atoms with E-state index in [9.17, 15) is 18.0 Å². The molecule has 0 radical (unpaired) electrons. The van der Waals surface area contributed by atoms with Crippen LogP contribution in [-0.2, 0) is 24.3 Å². The summed E-state index contributed by atoms with van der Waals surface area (Å²) in [7, 11) is -3.79. The number of hydrogen-bond acceptors (Lipinski definition) is 5. The molecule has 3 N–H and O–H groups in total. The normalized spacial score (nSPS) is 11.3. The number of sulfonamides is 1. The number of anilines is 1. The van der Waals surface area contributed by atoms with Gasteiger partial charge in [-0.05, 0) is 48.0 Å². The van der Waals surface area contributed by atoms with Gasteiger partial charge in [-0.2, -0.15) is 0 Å². The van der Waals surface area contributed by atoms with Crippen LogP contribution in [0, 0.1) is 0 Å². The van der Waals surface area contributed by atoms with E-state index in [1.54, 1.807) is 6.08 Å². The maximum atomic E-state index is 11.8. The first-order valence-electron chi connectivity index (χ1n) is 7.27. The van der Waals surface area contributed by atoms with Gasteiger partial charge in [0, 0.05) is 16.2 Å². The number of nitrogens with one attached hydrogen (secondary N) is 1. The molecule has 0 spiro atoms. The third kappa shape index (κ3) is 6.43. The molecule has 0 bridgehead atoms. The zero-order valence-corrected chi connectivity index (χ0v) is 15.8. The molecule has 0 aromatic heterocycles. The molecular formula is C17H15BrN2O5S. The number of rotatable bonds is 6. The van der Waals surface area contributed by atoms with E-state index in [0.717, 1.165) is 10.0 Å². The Hall–Kier alpha value is -2.49. The molecule has 0 heterocycles. The van der Waals surface area contributed by atoms with Gasteiger partial charge in [0.25, 0.3) is 5.91 Å². The Kier molecular flexibility index (Phi) is 6.67. The highest BCUT2D eigenvalue weighted by Gasteiger charge is 2.09. The summed E-state index contributed by atoms with van der Waals surface area (Å²) in [5.41, 5.74) is 1.15. The molecule has 9 heteroatoms. The van der Waals surface area contributed by atoms with Gasteiger partial charge in [-0.3, -0.25) is 4.79 Å². The zero-order valence-electron chi connectivity index (χ0n) is 13.4. The summed E-state index contributed by atoms with van der Waals surface area (Å²) in [6.45, 7) is -0.474. The van der Waals surface area contributed by atoms with Crippen LogP contribution < -0.4 is 10.5 Å². The number of primary sulfonamides is 1. The molecule has 0 unspecified atom stereocenters. The molecule has 0 saturated heterocycles. The SMILES string of the molecule is NS(=O)(=O)c1ccc(NC(=O)COC(=O)C=Cc2cccc(Br)c2)cc1. The number of nitrogens with two attached hydrogens (primary N) is 1. The van der Waals surface area contributed by atoms with Gasteiger partial charge >= 0.3 is 5.97 Å². The second-order valence-corrected chi connectivity index (χ2v) is 7.59. The fraction of sp³-hybridized carbons (Fsp3) is 0.0588. The van der Waals surface area contributed by atoms with Crippen molar-refractivity contribution in [2.45, 2.75) is 4.90 Å². The van der Waals surface area contributed by atoms with Crippen molar-refractivity contribution in [2.75, 3.05) is 11.9 Å². The molecule has 0 aliphatic heterocycles. The molecule has 0 saturated carbocycles. The molecule has 136 valence electrons. The van der Waals surface area contributed by atoms with Crippen molar-refractivity contribution in [3.05, 3.63) is 64.6 Å². The van der Waals surface area contributed by atoms with E-state index < -0.39 is 28.5 Å². The van der Waals surface area contributed by atoms with E-state index in [1.165, 1.54) is 30.3 Å². The van der Waals surface area contributed by atoms with Crippen molar-refractivity contribution in [3.63, 3.8) is 0 Å². The van der Waals surface area contributed by atoms with Crippen molar-refractivity contribution < 1.29 is 22.7 Å². The molecule has 0 fully saturated rings. The van der Waals surface area contributed by atoms with Crippen molar-refractivity contribution >= 4 is 49.6 Å². The maximum absolute atomic E-state index is 11.8. The number of esters is 1. The Balaban J connectivity index is 1.83. The average Bonchev–Trinajstić information content (AvgIpc) is 2.58. The predicted molar refractivity (Wildman–Crippen MR) is 101 cm³/mol. The van der Waals surface area contributed by atoms with Crippen molar-refractivity contribution in [1.82, 2.24) is 0 Å². The van der Waals surface area contributed by atoms with Crippen LogP contribution >= 0.6 is 15.9 Å². The summed E-state index contributed by atoms with van der Waals surface area (Å²) >= 11 is 3.32. The molecule has 7 nitrogen and oxygen atoms in total. The Morgan fingerprint density at radius 3 is 2.46 bits per heavy atom. The minimum atomic E-state index is -3.79. The standard InChI is InChI=1S/C17H15BrN2O5S/c18-13-3-1-2-12(10-13)4-9-17(22)25-11-16(21)20-14-5-7-15(8-6-14)26(19,23)24/h1-10H,11H2,(H,20,21)(H2,19,23,24). The van der Waals surface area contributed by atoms with E-state index >= 15 is 0 Å². The Morgan fingerprint density at radius 1 is 1.15 bits per heavy atom. The number of halogens is 1. The molecule has 26 heavy (non-hydrogen) atoms. The van der Waals surface area contributed by atoms with E-state index in [-0.39, 0.29) is 4.90 Å². The number of carbonyl (C=O) groups excluding carboxylic acids is 2. The lowest BCUT2D eigenvalue weighted by Gasteiger charge is -2.06. The van der Waals surface area contributed by atoms with Crippen molar-refractivity contribution in [3.8, 4) is 0 Å². The van der Waals surface area contributed by atoms with Crippen LogP contribution in [0.2, 0.25) is 0 Å². The first kappa shape index (κ1) is 19.8. The van der Waals surface area contributed by atoms with Gasteiger partial charge in [-0.25, -0.2) is 18.4 Å². The molecule has 0 aliphatic rings. The van der Waals surface area contributed by atoms with Gasteiger partial charge in [-0.15, -0.1) is 0 Å². The second kappa shape index (κ2) is 8.75. The smallest absolute Gasteiger partial charge is 0.331 e. The van der Waals surface area contributed by atoms with Gasteiger partial charge in [0.2, 0.25) is 10.0 Å². The summed E-state index contributed by atoms with van der Waals surface area (Å²) in [4.78, 5) is 23.3. The highest BCUT2D eigenvalue weighted by atomic mass is 79.9. The lowest BCUT2D eigenvalue weighted by atomic mass is 10.2. The second-order valence-electron chi connectivity index (χ2n) is 5.11. The van der Waals surface area contributed by atoms with Crippen LogP contribution in [0.4, 0.5) is 5.69 Å². The quantitative estimate of drug-likeness (QED) is 0.530. The van der Waals surface area contributed by atoms with E-state index in [0.29, 0.717) is 5.69 Å². The summed E-state index contributed by atoms with van der Waals surface area (Å²) in [6.07, 6.45) is 2.78. The van der Waals surface area contributed by atoms with Gasteiger partial charge in [-0.1, -0.05) is 28.1 Å². The maximum Gasteiger partial charge on any atom is 0.331 e. The van der Waals surface area contributed by atoms with Crippen LogP contribution in [0.5, 0.6) is 0 Å². The molecule has 2 aromatic rings. The predicted octanol–water partition coefficient (Wildman–Crippen LogP) is 2.29. The van der Waals surface area contributed by atoms with Crippen LogP contribution in [0.15, 0.2) is 64.0 Å². The summed E-state index contributed by atoms with van der Waals surface area (Å²) in [5.74, 6) is -1.22. The molecule has 1 amide bonds. The number of ether oxygens (including phenoxy) is 1. The third-order valence-corrected chi connectivity index (χ3v) is 4.50. The first-order chi connectivity index (χ1) is 12.2. The van der Waals surface area contributed by atoms with Crippen LogP contribution in [0.1, 0.15) is 5.56 Å². The van der Waals surface area contributed by atoms with Crippen molar-refractivity contribution in [2.24, 2.45) is 5.14 Å². The van der Waals surface area contributed by atoms with Gasteiger partial charge in [0.1, 0.15) is 0 Å². The summed E-state index contributed by atoms with van der Waals surface area (Å²) < 4.78 is 28.0. The van der Waals surface area contributed by atoms with Crippen LogP contribution in [-0.4, -0.2) is 26.9 Å². The van der Waals surface area contributed by atoms with E-state index in [2.05, 4.69) is 21.2 Å². The summed E-state index contributed by atoms with van der Waals surface area (Å²) in [5, 5.41) is 7.46.